The number of hydrogen-bond donors (Lipinski definition) is 2. The van der Waals surface area contributed by atoms with Gasteiger partial charge < -0.3 is 15.2 Å². The molecule has 1 heterocycles. The number of carbonyl (C=O) groups excluding carboxylic acids is 1. The second-order valence-electron chi connectivity index (χ2n) is 6.26. The van der Waals surface area contributed by atoms with Gasteiger partial charge in [-0.15, -0.1) is 0 Å². The maximum absolute atomic E-state index is 12.3. The summed E-state index contributed by atoms with van der Waals surface area (Å²) in [5.74, 6) is 0.645. The van der Waals surface area contributed by atoms with Gasteiger partial charge in [0.05, 0.1) is 18.8 Å². The second kappa shape index (κ2) is 7.61. The van der Waals surface area contributed by atoms with E-state index in [1.807, 2.05) is 31.2 Å². The van der Waals surface area contributed by atoms with Crippen LogP contribution in [0.4, 0.5) is 5.69 Å². The fraction of sp³-hybridized carbons (Fsp3) is 0.588. The lowest BCUT2D eigenvalue weighted by molar-refractivity contribution is -0.118. The van der Waals surface area contributed by atoms with E-state index in [0.717, 1.165) is 25.9 Å². The highest BCUT2D eigenvalue weighted by Gasteiger charge is 2.31. The average molecular weight is 306 g/mol. The van der Waals surface area contributed by atoms with Gasteiger partial charge in [-0.2, -0.15) is 0 Å². The number of amides is 1. The van der Waals surface area contributed by atoms with Crippen molar-refractivity contribution in [3.63, 3.8) is 0 Å². The first-order chi connectivity index (χ1) is 10.6. The SMILES string of the molecule is CCOc1ccccc1NC(=O)CN1CCCC(C)(CO)C1. The van der Waals surface area contributed by atoms with E-state index in [4.69, 9.17) is 4.74 Å². The van der Waals surface area contributed by atoms with E-state index in [9.17, 15) is 9.90 Å². The van der Waals surface area contributed by atoms with E-state index in [1.165, 1.54) is 0 Å². The minimum atomic E-state index is -0.0955. The quantitative estimate of drug-likeness (QED) is 0.845. The van der Waals surface area contributed by atoms with Gasteiger partial charge in [0.25, 0.3) is 0 Å². The zero-order valence-corrected chi connectivity index (χ0v) is 13.5. The molecule has 1 unspecified atom stereocenters. The van der Waals surface area contributed by atoms with Crippen molar-refractivity contribution in [3.8, 4) is 5.75 Å². The Labute approximate surface area is 132 Å². The first-order valence-corrected chi connectivity index (χ1v) is 7.91. The molecular formula is C17H26N2O3. The smallest absolute Gasteiger partial charge is 0.238 e. The number of aliphatic hydroxyl groups is 1. The molecule has 0 spiro atoms. The summed E-state index contributed by atoms with van der Waals surface area (Å²) in [6.07, 6.45) is 2.02. The van der Waals surface area contributed by atoms with Gasteiger partial charge >= 0.3 is 0 Å². The lowest BCUT2D eigenvalue weighted by Gasteiger charge is -2.38. The Morgan fingerprint density at radius 2 is 2.23 bits per heavy atom. The monoisotopic (exact) mass is 306 g/mol. The van der Waals surface area contributed by atoms with Crippen molar-refractivity contribution in [2.45, 2.75) is 26.7 Å². The van der Waals surface area contributed by atoms with Crippen LogP contribution in [0.2, 0.25) is 0 Å². The van der Waals surface area contributed by atoms with E-state index in [-0.39, 0.29) is 17.9 Å². The molecule has 5 nitrogen and oxygen atoms in total. The molecule has 1 saturated heterocycles. The number of hydrogen-bond acceptors (Lipinski definition) is 4. The van der Waals surface area contributed by atoms with Gasteiger partial charge in [0.15, 0.2) is 0 Å². The van der Waals surface area contributed by atoms with Crippen molar-refractivity contribution in [2.75, 3.05) is 38.2 Å². The van der Waals surface area contributed by atoms with E-state index < -0.39 is 0 Å². The van der Waals surface area contributed by atoms with Gasteiger partial charge in [0.1, 0.15) is 5.75 Å². The summed E-state index contributed by atoms with van der Waals surface area (Å²) in [5, 5.41) is 12.4. The number of anilines is 1. The van der Waals surface area contributed by atoms with Crippen LogP contribution in [-0.4, -0.2) is 48.8 Å². The molecule has 1 atom stereocenters. The highest BCUT2D eigenvalue weighted by molar-refractivity contribution is 5.93. The summed E-state index contributed by atoms with van der Waals surface area (Å²) < 4.78 is 5.52. The molecule has 5 heteroatoms. The first kappa shape index (κ1) is 16.8. The summed E-state index contributed by atoms with van der Waals surface area (Å²) in [6, 6.07) is 7.46. The fourth-order valence-corrected chi connectivity index (χ4v) is 2.94. The Hall–Kier alpha value is -1.59. The van der Waals surface area contributed by atoms with Crippen LogP contribution in [-0.2, 0) is 4.79 Å². The third-order valence-electron chi connectivity index (χ3n) is 4.07. The molecule has 1 aromatic rings. The van der Waals surface area contributed by atoms with E-state index in [0.29, 0.717) is 24.6 Å². The molecule has 0 radical (unpaired) electrons. The van der Waals surface area contributed by atoms with Crippen LogP contribution in [0.5, 0.6) is 5.75 Å². The summed E-state index contributed by atoms with van der Waals surface area (Å²) in [6.45, 7) is 6.71. The molecule has 0 bridgehead atoms. The molecule has 0 aliphatic carbocycles. The van der Waals surface area contributed by atoms with Gasteiger partial charge in [-0.1, -0.05) is 19.1 Å². The molecule has 0 saturated carbocycles. The molecular weight excluding hydrogens is 280 g/mol. The zero-order valence-electron chi connectivity index (χ0n) is 13.5. The lowest BCUT2D eigenvalue weighted by atomic mass is 9.83. The van der Waals surface area contributed by atoms with Crippen molar-refractivity contribution in [1.82, 2.24) is 4.90 Å². The zero-order chi connectivity index (χ0) is 16.0. The Bertz CT molecular complexity index is 506. The van der Waals surface area contributed by atoms with E-state index in [1.54, 1.807) is 0 Å². The third-order valence-corrected chi connectivity index (χ3v) is 4.07. The van der Waals surface area contributed by atoms with Gasteiger partial charge in [-0.05, 0) is 38.4 Å². The molecule has 0 aromatic heterocycles. The number of aliphatic hydroxyl groups excluding tert-OH is 1. The Balaban J connectivity index is 1.93. The number of ether oxygens (including phenoxy) is 1. The summed E-state index contributed by atoms with van der Waals surface area (Å²) >= 11 is 0. The van der Waals surface area contributed by atoms with E-state index >= 15 is 0 Å². The second-order valence-corrected chi connectivity index (χ2v) is 6.26. The van der Waals surface area contributed by atoms with Crippen molar-refractivity contribution >= 4 is 11.6 Å². The molecule has 122 valence electrons. The van der Waals surface area contributed by atoms with Crippen LogP contribution in [0, 0.1) is 5.41 Å². The van der Waals surface area contributed by atoms with Crippen molar-refractivity contribution < 1.29 is 14.6 Å². The number of rotatable bonds is 6. The molecule has 2 N–H and O–H groups in total. The van der Waals surface area contributed by atoms with E-state index in [2.05, 4.69) is 17.1 Å². The minimum Gasteiger partial charge on any atom is -0.492 e. The molecule has 1 fully saturated rings. The van der Waals surface area contributed by atoms with Gasteiger partial charge in [-0.25, -0.2) is 0 Å². The predicted molar refractivity (Wildman–Crippen MR) is 87.1 cm³/mol. The number of benzene rings is 1. The van der Waals surface area contributed by atoms with Crippen LogP contribution in [0.15, 0.2) is 24.3 Å². The Morgan fingerprint density at radius 1 is 1.45 bits per heavy atom. The maximum Gasteiger partial charge on any atom is 0.238 e. The molecule has 1 amide bonds. The standard InChI is InChI=1S/C17H26N2O3/c1-3-22-15-8-5-4-7-14(15)18-16(21)11-19-10-6-9-17(2,12-19)13-20/h4-5,7-8,20H,3,6,9-13H2,1-2H3,(H,18,21). The number of para-hydroxylation sites is 2. The average Bonchev–Trinajstić information content (AvgIpc) is 2.49. The Kier molecular flexibility index (Phi) is 5.80. The fourth-order valence-electron chi connectivity index (χ4n) is 2.94. The maximum atomic E-state index is 12.3. The van der Waals surface area contributed by atoms with Gasteiger partial charge in [-0.3, -0.25) is 9.69 Å². The highest BCUT2D eigenvalue weighted by atomic mass is 16.5. The van der Waals surface area contributed by atoms with Crippen molar-refractivity contribution in [1.29, 1.82) is 0 Å². The van der Waals surface area contributed by atoms with Crippen LogP contribution in [0.1, 0.15) is 26.7 Å². The number of carbonyl (C=O) groups is 1. The largest absolute Gasteiger partial charge is 0.492 e. The first-order valence-electron chi connectivity index (χ1n) is 7.91. The number of likely N-dealkylation sites (tertiary alicyclic amines) is 1. The lowest BCUT2D eigenvalue weighted by Crippen LogP contribution is -2.46. The molecule has 1 aromatic carbocycles. The van der Waals surface area contributed by atoms with Gasteiger partial charge in [0.2, 0.25) is 5.91 Å². The van der Waals surface area contributed by atoms with Crippen LogP contribution in [0.25, 0.3) is 0 Å². The molecule has 1 aliphatic rings. The van der Waals surface area contributed by atoms with Crippen molar-refractivity contribution in [3.05, 3.63) is 24.3 Å². The number of piperidine rings is 1. The molecule has 22 heavy (non-hydrogen) atoms. The summed E-state index contributed by atoms with van der Waals surface area (Å²) in [7, 11) is 0. The number of nitrogens with zero attached hydrogens (tertiary/aromatic N) is 1. The van der Waals surface area contributed by atoms with Crippen LogP contribution < -0.4 is 10.1 Å². The van der Waals surface area contributed by atoms with Crippen LogP contribution >= 0.6 is 0 Å². The number of nitrogens with one attached hydrogen (secondary N) is 1. The summed E-state index contributed by atoms with van der Waals surface area (Å²) in [5.41, 5.74) is 0.609. The highest BCUT2D eigenvalue weighted by Crippen LogP contribution is 2.29. The Morgan fingerprint density at radius 3 is 2.95 bits per heavy atom. The topological polar surface area (TPSA) is 61.8 Å². The van der Waals surface area contributed by atoms with Gasteiger partial charge in [0, 0.05) is 18.6 Å². The molecule has 1 aliphatic heterocycles. The third kappa shape index (κ3) is 4.45. The normalized spacial score (nSPS) is 22.3. The minimum absolute atomic E-state index is 0.0469. The summed E-state index contributed by atoms with van der Waals surface area (Å²) in [4.78, 5) is 14.4. The van der Waals surface area contributed by atoms with Crippen molar-refractivity contribution in [2.24, 2.45) is 5.41 Å². The van der Waals surface area contributed by atoms with Crippen LogP contribution in [0.3, 0.4) is 0 Å². The predicted octanol–water partition coefficient (Wildman–Crippen LogP) is 2.12. The molecule has 2 rings (SSSR count).